The molecule has 0 saturated carbocycles. The van der Waals surface area contributed by atoms with E-state index in [1.807, 2.05) is 60.7 Å². The first kappa shape index (κ1) is 17.8. The summed E-state index contributed by atoms with van der Waals surface area (Å²) in [5.74, 6) is -0.680. The van der Waals surface area contributed by atoms with Gasteiger partial charge in [0.05, 0.1) is 0 Å². The van der Waals surface area contributed by atoms with E-state index in [9.17, 15) is 15.0 Å². The van der Waals surface area contributed by atoms with Crippen LogP contribution in [-0.2, 0) is 11.2 Å². The van der Waals surface area contributed by atoms with E-state index in [2.05, 4.69) is 6.07 Å². The minimum absolute atomic E-state index is 0.253. The lowest BCUT2D eigenvalue weighted by atomic mass is 9.95. The second-order valence-electron chi connectivity index (χ2n) is 6.94. The number of hydrogen-bond donors (Lipinski definition) is 2. The number of phenols is 1. The molecule has 0 saturated heterocycles. The Labute approximate surface area is 163 Å². The zero-order chi connectivity index (χ0) is 19.5. The van der Waals surface area contributed by atoms with Crippen LogP contribution in [0.2, 0.25) is 0 Å². The van der Waals surface area contributed by atoms with Gasteiger partial charge in [-0.05, 0) is 69.3 Å². The van der Waals surface area contributed by atoms with Crippen LogP contribution in [0.3, 0.4) is 0 Å². The Bertz CT molecular complexity index is 1200. The number of rotatable bonds is 5. The summed E-state index contributed by atoms with van der Waals surface area (Å²) in [6.07, 6.45) is 2.68. The minimum atomic E-state index is -0.933. The van der Waals surface area contributed by atoms with E-state index >= 15 is 0 Å². The fourth-order valence-electron chi connectivity index (χ4n) is 3.56. The van der Waals surface area contributed by atoms with Crippen molar-refractivity contribution < 1.29 is 15.0 Å². The summed E-state index contributed by atoms with van der Waals surface area (Å²) in [6, 6.07) is 25.6. The SMILES string of the molecule is O=C(O)C=C(CCc1ccc2cc(O)ccc2c1)c1ccc2ccccc2c1. The highest BCUT2D eigenvalue weighted by Gasteiger charge is 2.07. The number of hydrogen-bond acceptors (Lipinski definition) is 2. The summed E-state index contributed by atoms with van der Waals surface area (Å²) in [7, 11) is 0. The molecule has 138 valence electrons. The van der Waals surface area contributed by atoms with Crippen molar-refractivity contribution in [2.45, 2.75) is 12.8 Å². The molecule has 2 N–H and O–H groups in total. The summed E-state index contributed by atoms with van der Waals surface area (Å²) >= 11 is 0. The Kier molecular flexibility index (Phi) is 4.81. The van der Waals surface area contributed by atoms with Crippen LogP contribution in [0.4, 0.5) is 0 Å². The maximum Gasteiger partial charge on any atom is 0.328 e. The summed E-state index contributed by atoms with van der Waals surface area (Å²) < 4.78 is 0. The molecular weight excluding hydrogens is 348 g/mol. The van der Waals surface area contributed by atoms with Crippen molar-refractivity contribution in [2.24, 2.45) is 0 Å². The van der Waals surface area contributed by atoms with Crippen molar-refractivity contribution >= 4 is 33.1 Å². The topological polar surface area (TPSA) is 57.5 Å². The molecule has 4 rings (SSSR count). The molecular formula is C25H20O3. The third-order valence-corrected chi connectivity index (χ3v) is 4.99. The maximum atomic E-state index is 11.4. The van der Waals surface area contributed by atoms with Crippen LogP contribution in [0.5, 0.6) is 5.75 Å². The molecule has 0 heterocycles. The van der Waals surface area contributed by atoms with Gasteiger partial charge in [0, 0.05) is 6.08 Å². The van der Waals surface area contributed by atoms with Gasteiger partial charge in [0.1, 0.15) is 5.75 Å². The number of benzene rings is 4. The molecule has 0 fully saturated rings. The number of carboxylic acid groups (broad SMARTS) is 1. The zero-order valence-corrected chi connectivity index (χ0v) is 15.3. The predicted molar refractivity (Wildman–Crippen MR) is 113 cm³/mol. The summed E-state index contributed by atoms with van der Waals surface area (Å²) in [5.41, 5.74) is 2.88. The molecule has 0 atom stereocenters. The van der Waals surface area contributed by atoms with Crippen LogP contribution in [0, 0.1) is 0 Å². The van der Waals surface area contributed by atoms with Crippen LogP contribution in [0.25, 0.3) is 27.1 Å². The largest absolute Gasteiger partial charge is 0.508 e. The highest BCUT2D eigenvalue weighted by Crippen LogP contribution is 2.26. The van der Waals surface area contributed by atoms with Crippen molar-refractivity contribution in [3.8, 4) is 5.75 Å². The van der Waals surface area contributed by atoms with Crippen molar-refractivity contribution in [3.63, 3.8) is 0 Å². The Hall–Kier alpha value is -3.59. The lowest BCUT2D eigenvalue weighted by molar-refractivity contribution is -0.131. The Balaban J connectivity index is 1.61. The molecule has 0 spiro atoms. The van der Waals surface area contributed by atoms with Crippen molar-refractivity contribution in [1.82, 2.24) is 0 Å². The second-order valence-corrected chi connectivity index (χ2v) is 6.94. The maximum absolute atomic E-state index is 11.4. The Morgan fingerprint density at radius 1 is 0.786 bits per heavy atom. The second kappa shape index (κ2) is 7.57. The quantitative estimate of drug-likeness (QED) is 0.438. The van der Waals surface area contributed by atoms with Crippen LogP contribution < -0.4 is 0 Å². The van der Waals surface area contributed by atoms with Gasteiger partial charge in [-0.2, -0.15) is 0 Å². The fourth-order valence-corrected chi connectivity index (χ4v) is 3.56. The van der Waals surface area contributed by atoms with Crippen molar-refractivity contribution in [3.05, 3.63) is 96.1 Å². The number of carbonyl (C=O) groups is 1. The van der Waals surface area contributed by atoms with Gasteiger partial charge in [-0.15, -0.1) is 0 Å². The van der Waals surface area contributed by atoms with Gasteiger partial charge in [0.25, 0.3) is 0 Å². The van der Waals surface area contributed by atoms with E-state index < -0.39 is 5.97 Å². The number of allylic oxidation sites excluding steroid dienone is 1. The minimum Gasteiger partial charge on any atom is -0.508 e. The normalized spacial score (nSPS) is 11.8. The molecule has 0 aliphatic rings. The first-order valence-electron chi connectivity index (χ1n) is 9.23. The molecule has 4 aromatic rings. The van der Waals surface area contributed by atoms with E-state index in [1.54, 1.807) is 12.1 Å². The average molecular weight is 368 g/mol. The molecule has 28 heavy (non-hydrogen) atoms. The van der Waals surface area contributed by atoms with Crippen molar-refractivity contribution in [2.75, 3.05) is 0 Å². The van der Waals surface area contributed by atoms with E-state index in [-0.39, 0.29) is 5.75 Å². The number of aliphatic carboxylic acids is 1. The molecule has 0 aromatic heterocycles. The third kappa shape index (κ3) is 3.89. The van der Waals surface area contributed by atoms with Crippen molar-refractivity contribution in [1.29, 1.82) is 0 Å². The Morgan fingerprint density at radius 3 is 2.29 bits per heavy atom. The molecule has 3 nitrogen and oxygen atoms in total. The van der Waals surface area contributed by atoms with E-state index in [0.717, 1.165) is 44.7 Å². The van der Waals surface area contributed by atoms with Gasteiger partial charge >= 0.3 is 5.97 Å². The fraction of sp³-hybridized carbons (Fsp3) is 0.0800. The summed E-state index contributed by atoms with van der Waals surface area (Å²) in [6.45, 7) is 0. The van der Waals surface area contributed by atoms with Crippen LogP contribution in [0.1, 0.15) is 17.5 Å². The average Bonchev–Trinajstić information content (AvgIpc) is 2.70. The van der Waals surface area contributed by atoms with Gasteiger partial charge in [-0.3, -0.25) is 0 Å². The van der Waals surface area contributed by atoms with E-state index in [0.29, 0.717) is 6.42 Å². The number of carboxylic acids is 1. The molecule has 0 unspecified atom stereocenters. The number of aromatic hydroxyl groups is 1. The summed E-state index contributed by atoms with van der Waals surface area (Å²) in [4.78, 5) is 11.4. The van der Waals surface area contributed by atoms with Crippen LogP contribution in [0.15, 0.2) is 84.9 Å². The first-order chi connectivity index (χ1) is 13.6. The molecule has 4 aromatic carbocycles. The molecule has 0 bridgehead atoms. The van der Waals surface area contributed by atoms with Gasteiger partial charge in [0.15, 0.2) is 0 Å². The van der Waals surface area contributed by atoms with E-state index in [4.69, 9.17) is 0 Å². The zero-order valence-electron chi connectivity index (χ0n) is 15.3. The molecule has 0 aliphatic carbocycles. The molecule has 0 radical (unpaired) electrons. The predicted octanol–water partition coefficient (Wildman–Crippen LogP) is 5.80. The molecule has 0 aliphatic heterocycles. The van der Waals surface area contributed by atoms with Gasteiger partial charge in [-0.25, -0.2) is 4.79 Å². The van der Waals surface area contributed by atoms with E-state index in [1.165, 1.54) is 6.08 Å². The summed E-state index contributed by atoms with van der Waals surface area (Å²) in [5, 5.41) is 23.2. The van der Waals surface area contributed by atoms with Gasteiger partial charge in [0.2, 0.25) is 0 Å². The monoisotopic (exact) mass is 368 g/mol. The molecule has 0 amide bonds. The number of aryl methyl sites for hydroxylation is 1. The lowest BCUT2D eigenvalue weighted by Crippen LogP contribution is -1.96. The smallest absolute Gasteiger partial charge is 0.328 e. The Morgan fingerprint density at radius 2 is 1.46 bits per heavy atom. The van der Waals surface area contributed by atoms with Crippen LogP contribution in [-0.4, -0.2) is 16.2 Å². The standard InChI is InChI=1S/C25H20O3/c26-24-12-11-20-13-17(5-7-22(20)15-24)6-8-23(16-25(27)28)21-10-9-18-3-1-2-4-19(18)14-21/h1-5,7,9-16,26H,6,8H2,(H,27,28). The highest BCUT2D eigenvalue weighted by atomic mass is 16.4. The van der Waals surface area contributed by atoms with Gasteiger partial charge < -0.3 is 10.2 Å². The van der Waals surface area contributed by atoms with Crippen LogP contribution >= 0.6 is 0 Å². The van der Waals surface area contributed by atoms with Gasteiger partial charge in [-0.1, -0.05) is 60.7 Å². The number of fused-ring (bicyclic) bond motifs is 2. The third-order valence-electron chi connectivity index (χ3n) is 4.99. The lowest BCUT2D eigenvalue weighted by Gasteiger charge is -2.10. The molecule has 3 heteroatoms. The highest BCUT2D eigenvalue weighted by molar-refractivity contribution is 5.93. The number of phenolic OH excluding ortho intramolecular Hbond substituents is 1. The first-order valence-corrected chi connectivity index (χ1v) is 9.23.